The third-order valence-corrected chi connectivity index (χ3v) is 4.24. The topological polar surface area (TPSA) is 38.0 Å². The molecule has 1 aliphatic carbocycles. The first-order chi connectivity index (χ1) is 9.22. The Morgan fingerprint density at radius 3 is 2.68 bits per heavy atom. The Bertz CT molecular complexity index is 389. The van der Waals surface area contributed by atoms with E-state index in [1.165, 1.54) is 43.2 Å². The fourth-order valence-electron chi connectivity index (χ4n) is 3.14. The summed E-state index contributed by atoms with van der Waals surface area (Å²) < 4.78 is 0. The van der Waals surface area contributed by atoms with Gasteiger partial charge in [0.2, 0.25) is 0 Å². The predicted molar refractivity (Wildman–Crippen MR) is 82.1 cm³/mol. The van der Waals surface area contributed by atoms with Crippen LogP contribution in [0.1, 0.15) is 75.6 Å². The summed E-state index contributed by atoms with van der Waals surface area (Å²) in [5, 5.41) is 3.76. The molecule has 0 saturated heterocycles. The van der Waals surface area contributed by atoms with Gasteiger partial charge in [0.05, 0.1) is 0 Å². The summed E-state index contributed by atoms with van der Waals surface area (Å²) in [7, 11) is 0. The molecule has 0 radical (unpaired) electrons. The molecule has 0 bridgehead atoms. The maximum Gasteiger partial charge on any atom is 0.0343 e. The van der Waals surface area contributed by atoms with Gasteiger partial charge in [-0.1, -0.05) is 56.9 Å². The molecule has 1 aromatic carbocycles. The fraction of sp³-hybridized carbons (Fsp3) is 0.647. The van der Waals surface area contributed by atoms with Gasteiger partial charge in [-0.2, -0.15) is 0 Å². The van der Waals surface area contributed by atoms with E-state index in [1.54, 1.807) is 0 Å². The lowest BCUT2D eigenvalue weighted by Crippen LogP contribution is -2.29. The van der Waals surface area contributed by atoms with E-state index >= 15 is 0 Å². The third-order valence-electron chi connectivity index (χ3n) is 4.24. The predicted octanol–water partition coefficient (Wildman–Crippen LogP) is 4.08. The van der Waals surface area contributed by atoms with E-state index in [0.29, 0.717) is 12.1 Å². The fourth-order valence-corrected chi connectivity index (χ4v) is 3.14. The SMILES string of the molecule is CCCCCCC(C)NC1CC(N)c2ccccc21. The van der Waals surface area contributed by atoms with E-state index in [9.17, 15) is 0 Å². The van der Waals surface area contributed by atoms with Crippen molar-refractivity contribution in [1.82, 2.24) is 5.32 Å². The lowest BCUT2D eigenvalue weighted by Gasteiger charge is -2.20. The molecule has 0 saturated carbocycles. The van der Waals surface area contributed by atoms with Crippen LogP contribution in [0.15, 0.2) is 24.3 Å². The van der Waals surface area contributed by atoms with Crippen molar-refractivity contribution in [2.24, 2.45) is 5.73 Å². The van der Waals surface area contributed by atoms with Gasteiger partial charge in [0, 0.05) is 18.1 Å². The molecule has 1 aromatic rings. The third kappa shape index (κ3) is 3.80. The van der Waals surface area contributed by atoms with Crippen molar-refractivity contribution in [3.8, 4) is 0 Å². The van der Waals surface area contributed by atoms with E-state index in [4.69, 9.17) is 5.73 Å². The molecule has 0 spiro atoms. The molecule has 19 heavy (non-hydrogen) atoms. The van der Waals surface area contributed by atoms with Gasteiger partial charge in [0.15, 0.2) is 0 Å². The standard InChI is InChI=1S/C17H28N2/c1-3-4-5-6-9-13(2)19-17-12-16(18)14-10-7-8-11-15(14)17/h7-8,10-11,13,16-17,19H,3-6,9,12,18H2,1-2H3. The number of rotatable bonds is 7. The molecule has 0 heterocycles. The monoisotopic (exact) mass is 260 g/mol. The van der Waals surface area contributed by atoms with Crippen LogP contribution in [0.3, 0.4) is 0 Å². The van der Waals surface area contributed by atoms with Crippen LogP contribution in [-0.4, -0.2) is 6.04 Å². The summed E-state index contributed by atoms with van der Waals surface area (Å²) >= 11 is 0. The summed E-state index contributed by atoms with van der Waals surface area (Å²) in [5.41, 5.74) is 8.96. The van der Waals surface area contributed by atoms with Gasteiger partial charge in [0.1, 0.15) is 0 Å². The first-order valence-electron chi connectivity index (χ1n) is 7.82. The van der Waals surface area contributed by atoms with E-state index in [1.807, 2.05) is 0 Å². The molecule has 106 valence electrons. The second kappa shape index (κ2) is 7.06. The minimum Gasteiger partial charge on any atom is -0.324 e. The van der Waals surface area contributed by atoms with Crippen LogP contribution in [0.5, 0.6) is 0 Å². The molecule has 3 N–H and O–H groups in total. The van der Waals surface area contributed by atoms with E-state index in [0.717, 1.165) is 6.42 Å². The van der Waals surface area contributed by atoms with Gasteiger partial charge in [-0.15, -0.1) is 0 Å². The molecule has 3 unspecified atom stereocenters. The molecule has 0 amide bonds. The Morgan fingerprint density at radius 1 is 1.21 bits per heavy atom. The maximum atomic E-state index is 6.21. The number of hydrogen-bond donors (Lipinski definition) is 2. The van der Waals surface area contributed by atoms with Crippen molar-refractivity contribution in [2.75, 3.05) is 0 Å². The Balaban J connectivity index is 1.84. The molecule has 2 rings (SSSR count). The highest BCUT2D eigenvalue weighted by atomic mass is 15.0. The van der Waals surface area contributed by atoms with Gasteiger partial charge in [-0.3, -0.25) is 0 Å². The van der Waals surface area contributed by atoms with Crippen LogP contribution in [-0.2, 0) is 0 Å². The van der Waals surface area contributed by atoms with Crippen molar-refractivity contribution < 1.29 is 0 Å². The number of nitrogens with two attached hydrogens (primary N) is 1. The molecular weight excluding hydrogens is 232 g/mol. The number of benzene rings is 1. The van der Waals surface area contributed by atoms with E-state index in [2.05, 4.69) is 43.4 Å². The molecule has 0 aliphatic heterocycles. The van der Waals surface area contributed by atoms with Crippen LogP contribution in [0.25, 0.3) is 0 Å². The number of unbranched alkanes of at least 4 members (excludes halogenated alkanes) is 3. The van der Waals surface area contributed by atoms with E-state index < -0.39 is 0 Å². The van der Waals surface area contributed by atoms with Crippen molar-refractivity contribution in [1.29, 1.82) is 0 Å². The lowest BCUT2D eigenvalue weighted by molar-refractivity contribution is 0.408. The smallest absolute Gasteiger partial charge is 0.0343 e. The highest BCUT2D eigenvalue weighted by molar-refractivity contribution is 5.37. The summed E-state index contributed by atoms with van der Waals surface area (Å²) in [6.45, 7) is 4.57. The Hall–Kier alpha value is -0.860. The first kappa shape index (κ1) is 14.5. The molecule has 3 atom stereocenters. The Morgan fingerprint density at radius 2 is 1.95 bits per heavy atom. The molecule has 1 aliphatic rings. The second-order valence-electron chi connectivity index (χ2n) is 5.94. The molecule has 0 aromatic heterocycles. The molecule has 2 heteroatoms. The normalized spacial score (nSPS) is 23.3. The van der Waals surface area contributed by atoms with Crippen LogP contribution in [0, 0.1) is 0 Å². The zero-order valence-electron chi connectivity index (χ0n) is 12.4. The zero-order valence-corrected chi connectivity index (χ0v) is 12.4. The first-order valence-corrected chi connectivity index (χ1v) is 7.82. The quantitative estimate of drug-likeness (QED) is 0.725. The molecular formula is C17H28N2. The summed E-state index contributed by atoms with van der Waals surface area (Å²) in [4.78, 5) is 0. The maximum absolute atomic E-state index is 6.21. The molecule has 2 nitrogen and oxygen atoms in total. The average molecular weight is 260 g/mol. The highest BCUT2D eigenvalue weighted by Crippen LogP contribution is 2.37. The van der Waals surface area contributed by atoms with Crippen molar-refractivity contribution >= 4 is 0 Å². The Kier molecular flexibility index (Phi) is 5.41. The van der Waals surface area contributed by atoms with Crippen molar-refractivity contribution in [3.05, 3.63) is 35.4 Å². The minimum atomic E-state index is 0.209. The van der Waals surface area contributed by atoms with Gasteiger partial charge < -0.3 is 11.1 Å². The summed E-state index contributed by atoms with van der Waals surface area (Å²) in [6.07, 6.45) is 7.69. The summed E-state index contributed by atoms with van der Waals surface area (Å²) in [5.74, 6) is 0. The van der Waals surface area contributed by atoms with Gasteiger partial charge in [-0.25, -0.2) is 0 Å². The van der Waals surface area contributed by atoms with Crippen molar-refractivity contribution in [2.45, 2.75) is 70.5 Å². The van der Waals surface area contributed by atoms with E-state index in [-0.39, 0.29) is 6.04 Å². The minimum absolute atomic E-state index is 0.209. The highest BCUT2D eigenvalue weighted by Gasteiger charge is 2.28. The number of nitrogens with one attached hydrogen (secondary N) is 1. The number of fused-ring (bicyclic) bond motifs is 1. The molecule has 0 fully saturated rings. The summed E-state index contributed by atoms with van der Waals surface area (Å²) in [6, 6.07) is 9.86. The van der Waals surface area contributed by atoms with Gasteiger partial charge in [0.25, 0.3) is 0 Å². The second-order valence-corrected chi connectivity index (χ2v) is 5.94. The Labute approximate surface area is 117 Å². The van der Waals surface area contributed by atoms with Gasteiger partial charge >= 0.3 is 0 Å². The average Bonchev–Trinajstić information content (AvgIpc) is 2.72. The van der Waals surface area contributed by atoms with Gasteiger partial charge in [-0.05, 0) is 30.9 Å². The largest absolute Gasteiger partial charge is 0.324 e. The van der Waals surface area contributed by atoms with Crippen LogP contribution < -0.4 is 11.1 Å². The van der Waals surface area contributed by atoms with Crippen LogP contribution >= 0.6 is 0 Å². The van der Waals surface area contributed by atoms with Crippen LogP contribution in [0.4, 0.5) is 0 Å². The lowest BCUT2D eigenvalue weighted by atomic mass is 10.0. The number of hydrogen-bond acceptors (Lipinski definition) is 2. The van der Waals surface area contributed by atoms with Crippen LogP contribution in [0.2, 0.25) is 0 Å². The zero-order chi connectivity index (χ0) is 13.7. The van der Waals surface area contributed by atoms with Crippen molar-refractivity contribution in [3.63, 3.8) is 0 Å².